The average molecular weight is 255 g/mol. The quantitative estimate of drug-likeness (QED) is 0.889. The lowest BCUT2D eigenvalue weighted by Gasteiger charge is -2.07. The maximum Gasteiger partial charge on any atom is 0.134 e. The summed E-state index contributed by atoms with van der Waals surface area (Å²) in [4.78, 5) is 0. The second kappa shape index (κ2) is 4.86. The molecule has 19 heavy (non-hydrogen) atoms. The van der Waals surface area contributed by atoms with Gasteiger partial charge in [0.15, 0.2) is 0 Å². The minimum atomic E-state index is 0.719. The SMILES string of the molecule is Cc1cc(C)c(-c2ccc(CNC3CC3)o2)cc1C. The van der Waals surface area contributed by atoms with Crippen molar-refractivity contribution >= 4 is 0 Å². The van der Waals surface area contributed by atoms with Gasteiger partial charge in [0.05, 0.1) is 6.54 Å². The third-order valence-corrected chi connectivity index (χ3v) is 3.91. The van der Waals surface area contributed by atoms with Gasteiger partial charge in [0.1, 0.15) is 11.5 Å². The van der Waals surface area contributed by atoms with E-state index in [0.29, 0.717) is 0 Å². The summed E-state index contributed by atoms with van der Waals surface area (Å²) in [6.45, 7) is 7.29. The van der Waals surface area contributed by atoms with Gasteiger partial charge in [0.2, 0.25) is 0 Å². The first kappa shape index (κ1) is 12.5. The summed E-state index contributed by atoms with van der Waals surface area (Å²) in [5, 5.41) is 3.48. The second-order valence-electron chi connectivity index (χ2n) is 5.67. The van der Waals surface area contributed by atoms with Crippen LogP contribution in [-0.2, 0) is 6.54 Å². The molecule has 0 amide bonds. The Morgan fingerprint density at radius 3 is 2.53 bits per heavy atom. The zero-order valence-electron chi connectivity index (χ0n) is 11.9. The molecule has 0 aliphatic heterocycles. The van der Waals surface area contributed by atoms with Crippen LogP contribution in [0, 0.1) is 20.8 Å². The summed E-state index contributed by atoms with van der Waals surface area (Å²) in [5.74, 6) is 2.01. The van der Waals surface area contributed by atoms with Crippen LogP contribution in [0.1, 0.15) is 35.3 Å². The zero-order valence-corrected chi connectivity index (χ0v) is 11.9. The molecule has 1 aromatic heterocycles. The minimum Gasteiger partial charge on any atom is -0.460 e. The number of rotatable bonds is 4. The Bertz CT molecular complexity index is 593. The first-order valence-corrected chi connectivity index (χ1v) is 7.04. The molecule has 0 atom stereocenters. The standard InChI is InChI=1S/C17H21NO/c1-11-8-13(3)16(9-12(11)2)17-7-6-15(19-17)10-18-14-4-5-14/h6-9,14,18H,4-5,10H2,1-3H3. The number of aryl methyl sites for hydroxylation is 3. The third kappa shape index (κ3) is 2.74. The average Bonchev–Trinajstić information content (AvgIpc) is 3.09. The highest BCUT2D eigenvalue weighted by atomic mass is 16.3. The highest BCUT2D eigenvalue weighted by Crippen LogP contribution is 2.28. The van der Waals surface area contributed by atoms with Crippen LogP contribution < -0.4 is 5.32 Å². The Hall–Kier alpha value is -1.54. The fraction of sp³-hybridized carbons (Fsp3) is 0.412. The van der Waals surface area contributed by atoms with Gasteiger partial charge in [0.25, 0.3) is 0 Å². The number of furan rings is 1. The van der Waals surface area contributed by atoms with Gasteiger partial charge in [0, 0.05) is 11.6 Å². The topological polar surface area (TPSA) is 25.2 Å². The van der Waals surface area contributed by atoms with Crippen LogP contribution in [0.15, 0.2) is 28.7 Å². The molecule has 0 radical (unpaired) electrons. The van der Waals surface area contributed by atoms with Gasteiger partial charge < -0.3 is 9.73 Å². The molecule has 1 heterocycles. The monoisotopic (exact) mass is 255 g/mol. The highest BCUT2D eigenvalue weighted by Gasteiger charge is 2.20. The van der Waals surface area contributed by atoms with Gasteiger partial charge in [-0.3, -0.25) is 0 Å². The molecular formula is C17H21NO. The summed E-state index contributed by atoms with van der Waals surface area (Å²) in [7, 11) is 0. The maximum absolute atomic E-state index is 5.96. The van der Waals surface area contributed by atoms with Gasteiger partial charge in [-0.2, -0.15) is 0 Å². The summed E-state index contributed by atoms with van der Waals surface area (Å²) < 4.78 is 5.96. The lowest BCUT2D eigenvalue weighted by Crippen LogP contribution is -2.14. The van der Waals surface area contributed by atoms with Crippen molar-refractivity contribution < 1.29 is 4.42 Å². The fourth-order valence-corrected chi connectivity index (χ4v) is 2.38. The fourth-order valence-electron chi connectivity index (χ4n) is 2.38. The molecule has 2 nitrogen and oxygen atoms in total. The summed E-state index contributed by atoms with van der Waals surface area (Å²) >= 11 is 0. The van der Waals surface area contributed by atoms with E-state index in [1.165, 1.54) is 35.1 Å². The lowest BCUT2D eigenvalue weighted by atomic mass is 9.99. The molecule has 0 bridgehead atoms. The molecular weight excluding hydrogens is 234 g/mol. The predicted octanol–water partition coefficient (Wildman–Crippen LogP) is 4.12. The number of nitrogens with one attached hydrogen (secondary N) is 1. The first-order valence-electron chi connectivity index (χ1n) is 7.04. The van der Waals surface area contributed by atoms with Crippen LogP contribution in [0.3, 0.4) is 0 Å². The molecule has 3 rings (SSSR count). The Morgan fingerprint density at radius 2 is 1.79 bits per heavy atom. The van der Waals surface area contributed by atoms with E-state index < -0.39 is 0 Å². The number of hydrogen-bond acceptors (Lipinski definition) is 2. The van der Waals surface area contributed by atoms with Crippen molar-refractivity contribution in [1.29, 1.82) is 0 Å². The predicted molar refractivity (Wildman–Crippen MR) is 78.2 cm³/mol. The molecule has 2 aromatic rings. The summed E-state index contributed by atoms with van der Waals surface area (Å²) in [6, 6.07) is 9.34. The van der Waals surface area contributed by atoms with E-state index in [4.69, 9.17) is 4.42 Å². The van der Waals surface area contributed by atoms with Crippen molar-refractivity contribution in [3.8, 4) is 11.3 Å². The third-order valence-electron chi connectivity index (χ3n) is 3.91. The summed E-state index contributed by atoms with van der Waals surface area (Å²) in [6.07, 6.45) is 2.62. The van der Waals surface area contributed by atoms with Crippen molar-refractivity contribution in [2.75, 3.05) is 0 Å². The molecule has 1 aliphatic rings. The van der Waals surface area contributed by atoms with E-state index in [9.17, 15) is 0 Å². The maximum atomic E-state index is 5.96. The normalized spacial score (nSPS) is 14.9. The second-order valence-corrected chi connectivity index (χ2v) is 5.67. The molecule has 1 aliphatic carbocycles. The molecule has 1 aromatic carbocycles. The largest absolute Gasteiger partial charge is 0.460 e. The van der Waals surface area contributed by atoms with Gasteiger partial charge in [-0.1, -0.05) is 6.07 Å². The molecule has 1 N–H and O–H groups in total. The van der Waals surface area contributed by atoms with E-state index in [1.54, 1.807) is 0 Å². The molecule has 0 spiro atoms. The molecule has 0 unspecified atom stereocenters. The number of benzene rings is 1. The Balaban J connectivity index is 1.83. The van der Waals surface area contributed by atoms with Crippen molar-refractivity contribution in [3.05, 3.63) is 46.7 Å². The highest BCUT2D eigenvalue weighted by molar-refractivity contribution is 5.64. The van der Waals surface area contributed by atoms with Crippen LogP contribution in [0.25, 0.3) is 11.3 Å². The van der Waals surface area contributed by atoms with E-state index >= 15 is 0 Å². The van der Waals surface area contributed by atoms with Gasteiger partial charge in [-0.05, 0) is 68.5 Å². The van der Waals surface area contributed by atoms with E-state index in [2.05, 4.69) is 50.4 Å². The molecule has 2 heteroatoms. The van der Waals surface area contributed by atoms with Crippen molar-refractivity contribution in [2.45, 2.75) is 46.2 Å². The van der Waals surface area contributed by atoms with E-state index in [-0.39, 0.29) is 0 Å². The first-order chi connectivity index (χ1) is 9.13. The van der Waals surface area contributed by atoms with E-state index in [0.717, 1.165) is 24.1 Å². The van der Waals surface area contributed by atoms with Crippen LogP contribution >= 0.6 is 0 Å². The Kier molecular flexibility index (Phi) is 3.19. The van der Waals surface area contributed by atoms with E-state index in [1.807, 2.05) is 0 Å². The smallest absolute Gasteiger partial charge is 0.134 e. The van der Waals surface area contributed by atoms with Crippen molar-refractivity contribution in [3.63, 3.8) is 0 Å². The summed E-state index contributed by atoms with van der Waals surface area (Å²) in [5.41, 5.74) is 5.14. The lowest BCUT2D eigenvalue weighted by molar-refractivity contribution is 0.492. The van der Waals surface area contributed by atoms with Crippen molar-refractivity contribution in [2.24, 2.45) is 0 Å². The van der Waals surface area contributed by atoms with Crippen LogP contribution in [-0.4, -0.2) is 6.04 Å². The molecule has 0 saturated heterocycles. The molecule has 1 fully saturated rings. The zero-order chi connectivity index (χ0) is 13.4. The van der Waals surface area contributed by atoms with Gasteiger partial charge in [-0.15, -0.1) is 0 Å². The van der Waals surface area contributed by atoms with Gasteiger partial charge >= 0.3 is 0 Å². The van der Waals surface area contributed by atoms with Crippen LogP contribution in [0.4, 0.5) is 0 Å². The Labute approximate surface area is 114 Å². The van der Waals surface area contributed by atoms with Crippen LogP contribution in [0.2, 0.25) is 0 Å². The van der Waals surface area contributed by atoms with Crippen LogP contribution in [0.5, 0.6) is 0 Å². The molecule has 1 saturated carbocycles. The van der Waals surface area contributed by atoms with Crippen molar-refractivity contribution in [1.82, 2.24) is 5.32 Å². The number of hydrogen-bond donors (Lipinski definition) is 1. The minimum absolute atomic E-state index is 0.719. The van der Waals surface area contributed by atoms with Gasteiger partial charge in [-0.25, -0.2) is 0 Å². The Morgan fingerprint density at radius 1 is 1.05 bits per heavy atom. The molecule has 100 valence electrons.